The van der Waals surface area contributed by atoms with Crippen molar-refractivity contribution in [3.05, 3.63) is 58.7 Å². The predicted molar refractivity (Wildman–Crippen MR) is 127 cm³/mol. The highest BCUT2D eigenvalue weighted by atomic mass is 32.2. The van der Waals surface area contributed by atoms with Gasteiger partial charge in [0.1, 0.15) is 51.9 Å². The Bertz CT molecular complexity index is 1110. The van der Waals surface area contributed by atoms with Crippen LogP contribution < -0.4 is 9.47 Å². The summed E-state index contributed by atoms with van der Waals surface area (Å²) < 4.78 is 39.7. The van der Waals surface area contributed by atoms with Gasteiger partial charge in [0.05, 0.1) is 25.6 Å². The summed E-state index contributed by atoms with van der Waals surface area (Å²) >= 11 is 0. The van der Waals surface area contributed by atoms with Crippen molar-refractivity contribution in [1.82, 2.24) is 0 Å². The maximum Gasteiger partial charge on any atom is 0.147 e. The quantitative estimate of drug-likeness (QED) is 0.357. The number of aliphatic hydroxyl groups is 4. The molecule has 4 N–H and O–H groups in total. The second-order valence-corrected chi connectivity index (χ2v) is 11.4. The van der Waals surface area contributed by atoms with Crippen molar-refractivity contribution in [2.45, 2.75) is 49.8 Å². The summed E-state index contributed by atoms with van der Waals surface area (Å²) in [5.74, 6) is 1.53. The number of hydrogen-bond acceptors (Lipinski definition) is 9. The fourth-order valence-corrected chi connectivity index (χ4v) is 5.16. The Kier molecular flexibility index (Phi) is 7.99. The van der Waals surface area contributed by atoms with Crippen molar-refractivity contribution in [1.29, 1.82) is 0 Å². The SMILES string of the molecule is CS(=O)(=O)CCCOc1ccc(Cc2cc(C3OC(CO)C(O)C(O)C3O)cc3c2OCC3)cc1. The molecule has 9 nitrogen and oxygen atoms in total. The van der Waals surface area contributed by atoms with E-state index in [1.807, 2.05) is 36.4 Å². The van der Waals surface area contributed by atoms with Crippen LogP contribution in [0.1, 0.15) is 34.8 Å². The van der Waals surface area contributed by atoms with Gasteiger partial charge in [-0.05, 0) is 52.9 Å². The molecule has 5 atom stereocenters. The van der Waals surface area contributed by atoms with E-state index in [1.165, 1.54) is 6.26 Å². The van der Waals surface area contributed by atoms with E-state index < -0.39 is 47.0 Å². The second-order valence-electron chi connectivity index (χ2n) is 9.17. The smallest absolute Gasteiger partial charge is 0.147 e. The fourth-order valence-electron chi connectivity index (χ4n) is 4.52. The fraction of sp³-hybridized carbons (Fsp3) is 0.520. The van der Waals surface area contributed by atoms with E-state index in [9.17, 15) is 28.8 Å². The molecule has 1 saturated heterocycles. The molecule has 2 aliphatic heterocycles. The van der Waals surface area contributed by atoms with Crippen LogP contribution in [-0.4, -0.2) is 85.1 Å². The molecule has 192 valence electrons. The van der Waals surface area contributed by atoms with Crippen LogP contribution in [0.2, 0.25) is 0 Å². The lowest BCUT2D eigenvalue weighted by Crippen LogP contribution is -2.55. The third-order valence-corrected chi connectivity index (χ3v) is 7.38. The first-order chi connectivity index (χ1) is 16.7. The first kappa shape index (κ1) is 25.9. The molecular formula is C25H32O9S. The van der Waals surface area contributed by atoms with Crippen molar-refractivity contribution in [3.63, 3.8) is 0 Å². The summed E-state index contributed by atoms with van der Waals surface area (Å²) in [7, 11) is -3.01. The molecule has 0 aliphatic carbocycles. The third-order valence-electron chi connectivity index (χ3n) is 6.35. The van der Waals surface area contributed by atoms with Crippen LogP contribution in [0, 0.1) is 0 Å². The first-order valence-corrected chi connectivity index (χ1v) is 13.7. The average molecular weight is 509 g/mol. The van der Waals surface area contributed by atoms with Gasteiger partial charge in [0.2, 0.25) is 0 Å². The van der Waals surface area contributed by atoms with Gasteiger partial charge in [-0.2, -0.15) is 0 Å². The van der Waals surface area contributed by atoms with Crippen molar-refractivity contribution >= 4 is 9.84 Å². The van der Waals surface area contributed by atoms with Crippen molar-refractivity contribution < 1.29 is 43.1 Å². The molecule has 5 unspecified atom stereocenters. The summed E-state index contributed by atoms with van der Waals surface area (Å²) in [5.41, 5.74) is 3.51. The van der Waals surface area contributed by atoms with Crippen molar-refractivity contribution in [3.8, 4) is 11.5 Å². The zero-order valence-electron chi connectivity index (χ0n) is 19.5. The van der Waals surface area contributed by atoms with Crippen LogP contribution >= 0.6 is 0 Å². The van der Waals surface area contributed by atoms with E-state index in [4.69, 9.17) is 14.2 Å². The number of rotatable bonds is 9. The van der Waals surface area contributed by atoms with Gasteiger partial charge >= 0.3 is 0 Å². The Hall–Kier alpha value is -2.21. The molecule has 35 heavy (non-hydrogen) atoms. The van der Waals surface area contributed by atoms with Crippen molar-refractivity contribution in [2.75, 3.05) is 31.8 Å². The highest BCUT2D eigenvalue weighted by Gasteiger charge is 2.44. The zero-order valence-corrected chi connectivity index (χ0v) is 20.4. The third kappa shape index (κ3) is 6.14. The Morgan fingerprint density at radius 2 is 1.80 bits per heavy atom. The Morgan fingerprint density at radius 3 is 2.49 bits per heavy atom. The van der Waals surface area contributed by atoms with Crippen LogP contribution in [0.15, 0.2) is 36.4 Å². The highest BCUT2D eigenvalue weighted by Crippen LogP contribution is 2.39. The summed E-state index contributed by atoms with van der Waals surface area (Å²) in [6.45, 7) is 0.376. The van der Waals surface area contributed by atoms with Crippen LogP contribution in [-0.2, 0) is 27.4 Å². The zero-order chi connectivity index (χ0) is 25.2. The van der Waals surface area contributed by atoms with Gasteiger partial charge in [0, 0.05) is 19.1 Å². The van der Waals surface area contributed by atoms with Gasteiger partial charge < -0.3 is 34.6 Å². The number of fused-ring (bicyclic) bond motifs is 1. The molecule has 0 saturated carbocycles. The minimum absolute atomic E-state index is 0.0843. The van der Waals surface area contributed by atoms with Crippen molar-refractivity contribution in [2.24, 2.45) is 0 Å². The number of benzene rings is 2. The molecule has 0 amide bonds. The molecule has 0 radical (unpaired) electrons. The van der Waals surface area contributed by atoms with Gasteiger partial charge in [0.15, 0.2) is 0 Å². The van der Waals surface area contributed by atoms with Gasteiger partial charge in [-0.1, -0.05) is 12.1 Å². The van der Waals surface area contributed by atoms with Gasteiger partial charge in [-0.25, -0.2) is 8.42 Å². The number of aliphatic hydroxyl groups excluding tert-OH is 4. The minimum atomic E-state index is -3.01. The largest absolute Gasteiger partial charge is 0.494 e. The molecule has 0 aromatic heterocycles. The van der Waals surface area contributed by atoms with E-state index >= 15 is 0 Å². The van der Waals surface area contributed by atoms with Gasteiger partial charge in [0.25, 0.3) is 0 Å². The molecule has 4 rings (SSSR count). The maximum atomic E-state index is 11.2. The van der Waals surface area contributed by atoms with E-state index in [0.717, 1.165) is 22.4 Å². The lowest BCUT2D eigenvalue weighted by atomic mass is 9.88. The molecule has 2 aromatic carbocycles. The minimum Gasteiger partial charge on any atom is -0.494 e. The van der Waals surface area contributed by atoms with Gasteiger partial charge in [-0.15, -0.1) is 0 Å². The molecule has 0 spiro atoms. The molecule has 2 heterocycles. The monoisotopic (exact) mass is 508 g/mol. The van der Waals surface area contributed by atoms with Crippen LogP contribution in [0.3, 0.4) is 0 Å². The van der Waals surface area contributed by atoms with Crippen LogP contribution in [0.25, 0.3) is 0 Å². The second kappa shape index (κ2) is 10.8. The van der Waals surface area contributed by atoms with Gasteiger partial charge in [-0.3, -0.25) is 0 Å². The molecular weight excluding hydrogens is 476 g/mol. The lowest BCUT2D eigenvalue weighted by molar-refractivity contribution is -0.231. The molecule has 1 fully saturated rings. The summed E-state index contributed by atoms with van der Waals surface area (Å²) in [6, 6.07) is 11.3. The van der Waals surface area contributed by atoms with Crippen LogP contribution in [0.5, 0.6) is 11.5 Å². The predicted octanol–water partition coefficient (Wildman–Crippen LogP) is 0.541. The number of sulfone groups is 1. The Balaban J connectivity index is 1.50. The number of hydrogen-bond donors (Lipinski definition) is 4. The van der Waals surface area contributed by atoms with E-state index in [0.29, 0.717) is 43.8 Å². The van der Waals surface area contributed by atoms with E-state index in [2.05, 4.69) is 0 Å². The Labute approximate surface area is 204 Å². The molecule has 10 heteroatoms. The maximum absolute atomic E-state index is 11.2. The lowest BCUT2D eigenvalue weighted by Gasteiger charge is -2.40. The highest BCUT2D eigenvalue weighted by molar-refractivity contribution is 7.90. The standard InChI is InChI=1S/C25H32O9S/c1-35(30,31)10-2-8-32-19-5-3-15(4-6-19)11-17-13-18(12-16-7-9-33-24(16)17)25-23(29)22(28)21(27)20(14-26)34-25/h3-6,12-13,20-23,25-29H,2,7-11,14H2,1H3. The summed E-state index contributed by atoms with van der Waals surface area (Å²) in [6.07, 6.45) is -3.20. The topological polar surface area (TPSA) is 143 Å². The molecule has 0 bridgehead atoms. The number of ether oxygens (including phenoxy) is 3. The first-order valence-electron chi connectivity index (χ1n) is 11.6. The molecule has 2 aromatic rings. The average Bonchev–Trinajstić information content (AvgIpc) is 3.30. The molecule has 2 aliphatic rings. The van der Waals surface area contributed by atoms with E-state index in [-0.39, 0.29) is 5.75 Å². The van der Waals surface area contributed by atoms with Crippen LogP contribution in [0.4, 0.5) is 0 Å². The summed E-state index contributed by atoms with van der Waals surface area (Å²) in [4.78, 5) is 0. The normalized spacial score (nSPS) is 26.3. The summed E-state index contributed by atoms with van der Waals surface area (Å²) in [5, 5.41) is 40.4. The Morgan fingerprint density at radius 1 is 1.06 bits per heavy atom. The van der Waals surface area contributed by atoms with E-state index in [1.54, 1.807) is 0 Å².